The first-order valence-corrected chi connectivity index (χ1v) is 7.94. The van der Waals surface area contributed by atoms with Crippen molar-refractivity contribution in [2.45, 2.75) is 0 Å². The van der Waals surface area contributed by atoms with E-state index in [2.05, 4.69) is 0 Å². The zero-order chi connectivity index (χ0) is 17.8. The molecule has 0 radical (unpaired) electrons. The fourth-order valence-electron chi connectivity index (χ4n) is 2.81. The van der Waals surface area contributed by atoms with Crippen LogP contribution < -0.4 is 0 Å². The molecule has 7 nitrogen and oxygen atoms in total. The Balaban J connectivity index is 1.64. The number of nitro groups is 1. The van der Waals surface area contributed by atoms with Crippen LogP contribution in [0.25, 0.3) is 0 Å². The smallest absolute Gasteiger partial charge is 0.270 e. The monoisotopic (exact) mass is 339 g/mol. The van der Waals surface area contributed by atoms with Crippen molar-refractivity contribution in [3.8, 4) is 0 Å². The number of carbonyl (C=O) groups excluding carboxylic acids is 2. The fraction of sp³-hybridized carbons (Fsp3) is 0.222. The van der Waals surface area contributed by atoms with Crippen LogP contribution in [0.5, 0.6) is 0 Å². The second-order valence-corrected chi connectivity index (χ2v) is 5.76. The highest BCUT2D eigenvalue weighted by molar-refractivity contribution is 5.96. The molecule has 0 saturated carbocycles. The van der Waals surface area contributed by atoms with Crippen LogP contribution in [0.3, 0.4) is 0 Å². The van der Waals surface area contributed by atoms with E-state index in [1.54, 1.807) is 28.0 Å². The number of hydrogen-bond donors (Lipinski definition) is 0. The molecule has 1 fully saturated rings. The Hall–Kier alpha value is -3.22. The summed E-state index contributed by atoms with van der Waals surface area (Å²) in [6, 6.07) is 14.7. The topological polar surface area (TPSA) is 83.8 Å². The van der Waals surface area contributed by atoms with Crippen molar-refractivity contribution in [1.82, 2.24) is 9.80 Å². The third kappa shape index (κ3) is 3.65. The Kier molecular flexibility index (Phi) is 4.74. The van der Waals surface area contributed by atoms with Gasteiger partial charge < -0.3 is 9.80 Å². The van der Waals surface area contributed by atoms with Crippen molar-refractivity contribution in [2.75, 3.05) is 26.2 Å². The molecule has 2 amide bonds. The average molecular weight is 339 g/mol. The van der Waals surface area contributed by atoms with E-state index in [0.717, 1.165) is 0 Å². The molecule has 3 rings (SSSR count). The molecule has 25 heavy (non-hydrogen) atoms. The van der Waals surface area contributed by atoms with Crippen LogP contribution in [0.4, 0.5) is 5.69 Å². The third-order valence-electron chi connectivity index (χ3n) is 4.18. The van der Waals surface area contributed by atoms with E-state index in [1.165, 1.54) is 18.2 Å². The number of benzene rings is 2. The summed E-state index contributed by atoms with van der Waals surface area (Å²) in [4.78, 5) is 38.6. The Morgan fingerprint density at radius 2 is 1.32 bits per heavy atom. The summed E-state index contributed by atoms with van der Waals surface area (Å²) in [5.41, 5.74) is 0.807. The first-order valence-electron chi connectivity index (χ1n) is 7.94. The van der Waals surface area contributed by atoms with Crippen LogP contribution in [0.2, 0.25) is 0 Å². The van der Waals surface area contributed by atoms with Crippen molar-refractivity contribution in [3.63, 3.8) is 0 Å². The number of non-ortho nitro benzene ring substituents is 1. The molecule has 0 aliphatic carbocycles. The molecule has 0 bridgehead atoms. The number of piperazine rings is 1. The largest absolute Gasteiger partial charge is 0.335 e. The summed E-state index contributed by atoms with van der Waals surface area (Å²) in [6.07, 6.45) is 0. The van der Waals surface area contributed by atoms with Crippen molar-refractivity contribution in [3.05, 3.63) is 75.8 Å². The molecule has 0 spiro atoms. The molecule has 2 aromatic carbocycles. The van der Waals surface area contributed by atoms with Crippen molar-refractivity contribution >= 4 is 17.5 Å². The minimum absolute atomic E-state index is 0.0527. The maximum absolute atomic E-state index is 12.5. The molecule has 0 unspecified atom stereocenters. The van der Waals surface area contributed by atoms with Gasteiger partial charge in [0.15, 0.2) is 0 Å². The summed E-state index contributed by atoms with van der Waals surface area (Å²) in [7, 11) is 0. The highest BCUT2D eigenvalue weighted by atomic mass is 16.6. The van der Waals surface area contributed by atoms with E-state index in [-0.39, 0.29) is 23.1 Å². The van der Waals surface area contributed by atoms with Crippen LogP contribution in [-0.2, 0) is 0 Å². The molecule has 128 valence electrons. The summed E-state index contributed by atoms with van der Waals surface area (Å²) in [5.74, 6) is -0.307. The summed E-state index contributed by atoms with van der Waals surface area (Å²) < 4.78 is 0. The highest BCUT2D eigenvalue weighted by Gasteiger charge is 2.26. The van der Waals surface area contributed by atoms with Crippen molar-refractivity contribution in [1.29, 1.82) is 0 Å². The second-order valence-electron chi connectivity index (χ2n) is 5.76. The molecule has 2 aromatic rings. The molecule has 0 aromatic heterocycles. The summed E-state index contributed by atoms with van der Waals surface area (Å²) in [6.45, 7) is 1.68. The van der Waals surface area contributed by atoms with Gasteiger partial charge in [0.1, 0.15) is 0 Å². The maximum atomic E-state index is 12.5. The summed E-state index contributed by atoms with van der Waals surface area (Å²) >= 11 is 0. The molecule has 7 heteroatoms. The maximum Gasteiger partial charge on any atom is 0.270 e. The lowest BCUT2D eigenvalue weighted by atomic mass is 10.1. The molecular weight excluding hydrogens is 322 g/mol. The van der Waals surface area contributed by atoms with Crippen LogP contribution in [0.15, 0.2) is 54.6 Å². The van der Waals surface area contributed by atoms with Gasteiger partial charge >= 0.3 is 0 Å². The van der Waals surface area contributed by atoms with Gasteiger partial charge in [0.05, 0.1) is 4.92 Å². The molecule has 0 atom stereocenters. The second kappa shape index (κ2) is 7.12. The van der Waals surface area contributed by atoms with E-state index in [4.69, 9.17) is 0 Å². The van der Waals surface area contributed by atoms with E-state index in [1.807, 2.05) is 18.2 Å². The SMILES string of the molecule is O=C(c1ccccc1)N1CCN(C(=O)c2cccc([N+](=O)[O-])c2)CC1. The number of hydrogen-bond acceptors (Lipinski definition) is 4. The Bertz CT molecular complexity index is 799. The molecule has 1 saturated heterocycles. The van der Waals surface area contributed by atoms with Gasteiger partial charge in [0.2, 0.25) is 0 Å². The Morgan fingerprint density at radius 1 is 0.800 bits per heavy atom. The molecule has 0 N–H and O–H groups in total. The average Bonchev–Trinajstić information content (AvgIpc) is 2.67. The first kappa shape index (κ1) is 16.6. The van der Waals surface area contributed by atoms with Gasteiger partial charge in [0, 0.05) is 49.4 Å². The highest BCUT2D eigenvalue weighted by Crippen LogP contribution is 2.16. The first-order chi connectivity index (χ1) is 12.1. The van der Waals surface area contributed by atoms with Crippen LogP contribution in [-0.4, -0.2) is 52.7 Å². The fourth-order valence-corrected chi connectivity index (χ4v) is 2.81. The van der Waals surface area contributed by atoms with Gasteiger partial charge in [-0.15, -0.1) is 0 Å². The van der Waals surface area contributed by atoms with E-state index in [0.29, 0.717) is 31.7 Å². The lowest BCUT2D eigenvalue weighted by Gasteiger charge is -2.34. The number of amides is 2. The zero-order valence-electron chi connectivity index (χ0n) is 13.5. The zero-order valence-corrected chi connectivity index (χ0v) is 13.5. The minimum atomic E-state index is -0.521. The van der Waals surface area contributed by atoms with Crippen molar-refractivity contribution < 1.29 is 14.5 Å². The van der Waals surface area contributed by atoms with Gasteiger partial charge in [-0.05, 0) is 18.2 Å². The van der Waals surface area contributed by atoms with Gasteiger partial charge in [-0.2, -0.15) is 0 Å². The van der Waals surface area contributed by atoms with Gasteiger partial charge in [-0.3, -0.25) is 19.7 Å². The summed E-state index contributed by atoms with van der Waals surface area (Å²) in [5, 5.41) is 10.8. The predicted octanol–water partition coefficient (Wildman–Crippen LogP) is 2.19. The third-order valence-corrected chi connectivity index (χ3v) is 4.18. The molecule has 1 heterocycles. The Labute approximate surface area is 144 Å². The quantitative estimate of drug-likeness (QED) is 0.634. The van der Waals surface area contributed by atoms with E-state index < -0.39 is 4.92 Å². The van der Waals surface area contributed by atoms with Gasteiger partial charge in [-0.25, -0.2) is 0 Å². The van der Waals surface area contributed by atoms with Crippen LogP contribution in [0, 0.1) is 10.1 Å². The molecular formula is C18H17N3O4. The normalized spacial score (nSPS) is 14.2. The number of nitro benzene ring substituents is 1. The van der Waals surface area contributed by atoms with E-state index >= 15 is 0 Å². The van der Waals surface area contributed by atoms with Crippen molar-refractivity contribution in [2.24, 2.45) is 0 Å². The molecule has 1 aliphatic heterocycles. The minimum Gasteiger partial charge on any atom is -0.335 e. The lowest BCUT2D eigenvalue weighted by molar-refractivity contribution is -0.384. The number of nitrogens with zero attached hydrogens (tertiary/aromatic N) is 3. The van der Waals surface area contributed by atoms with Gasteiger partial charge in [0.25, 0.3) is 17.5 Å². The predicted molar refractivity (Wildman–Crippen MR) is 91.3 cm³/mol. The van der Waals surface area contributed by atoms with Crippen LogP contribution in [0.1, 0.15) is 20.7 Å². The number of rotatable bonds is 3. The Morgan fingerprint density at radius 3 is 1.88 bits per heavy atom. The van der Waals surface area contributed by atoms with Gasteiger partial charge in [-0.1, -0.05) is 24.3 Å². The number of carbonyl (C=O) groups is 2. The van der Waals surface area contributed by atoms with E-state index in [9.17, 15) is 19.7 Å². The molecule has 1 aliphatic rings. The lowest BCUT2D eigenvalue weighted by Crippen LogP contribution is -2.50. The van der Waals surface area contributed by atoms with Crippen LogP contribution >= 0.6 is 0 Å². The standard InChI is InChI=1S/C18H17N3O4/c22-17(14-5-2-1-3-6-14)19-9-11-20(12-10-19)18(23)15-7-4-8-16(13-15)21(24)25/h1-8,13H,9-12H2.